The molecule has 2 aliphatic rings. The predicted octanol–water partition coefficient (Wildman–Crippen LogP) is 1.72. The van der Waals surface area contributed by atoms with Crippen molar-refractivity contribution in [1.82, 2.24) is 14.3 Å². The van der Waals surface area contributed by atoms with E-state index in [1.807, 2.05) is 6.92 Å². The molecule has 1 amide bonds. The van der Waals surface area contributed by atoms with E-state index in [9.17, 15) is 34.1 Å². The third kappa shape index (κ3) is 4.22. The molecule has 5 atom stereocenters. The molecule has 2 N–H and O–H groups in total. The predicted molar refractivity (Wildman–Crippen MR) is 136 cm³/mol. The van der Waals surface area contributed by atoms with E-state index in [0.29, 0.717) is 25.9 Å². The van der Waals surface area contributed by atoms with Crippen LogP contribution in [0.15, 0.2) is 47.5 Å². The quantitative estimate of drug-likeness (QED) is 0.172. The number of amides is 1. The van der Waals surface area contributed by atoms with Gasteiger partial charge in [-0.05, 0) is 24.6 Å². The average Bonchev–Trinajstić information content (AvgIpc) is 3.52. The van der Waals surface area contributed by atoms with Crippen molar-refractivity contribution in [2.75, 3.05) is 12.4 Å². The van der Waals surface area contributed by atoms with Crippen LogP contribution in [0.4, 0.5) is 5.69 Å². The fourth-order valence-electron chi connectivity index (χ4n) is 5.05. The minimum atomic E-state index is -1.51. The summed E-state index contributed by atoms with van der Waals surface area (Å²) in [6.45, 7) is 3.01. The Morgan fingerprint density at radius 1 is 1.34 bits per heavy atom. The molecule has 0 spiro atoms. The van der Waals surface area contributed by atoms with Crippen molar-refractivity contribution in [3.05, 3.63) is 63.0 Å². The summed E-state index contributed by atoms with van der Waals surface area (Å²) >= 11 is 1.26. The molecular formula is C24H24N4O8S2. The molecule has 1 fully saturated rings. The topological polar surface area (TPSA) is 165 Å². The minimum Gasteiger partial charge on any atom is -0.456 e. The van der Waals surface area contributed by atoms with E-state index in [4.69, 9.17) is 4.74 Å². The molecule has 0 radical (unpaired) electrons. The maximum Gasteiger partial charge on any atom is 0.355 e. The van der Waals surface area contributed by atoms with E-state index in [-0.39, 0.29) is 42.2 Å². The number of nitro benzene ring substituents is 1. The van der Waals surface area contributed by atoms with Crippen LogP contribution in [0.3, 0.4) is 0 Å². The Bertz CT molecular complexity index is 1490. The van der Waals surface area contributed by atoms with Crippen LogP contribution in [-0.4, -0.2) is 70.0 Å². The molecule has 1 aromatic carbocycles. The van der Waals surface area contributed by atoms with Crippen molar-refractivity contribution >= 4 is 50.1 Å². The number of nitrogens with zero attached hydrogens (tertiary/aromatic N) is 4. The van der Waals surface area contributed by atoms with Gasteiger partial charge in [0.1, 0.15) is 23.5 Å². The van der Waals surface area contributed by atoms with Crippen LogP contribution in [0.5, 0.6) is 0 Å². The highest BCUT2D eigenvalue weighted by atomic mass is 32.2. The normalized spacial score (nSPS) is 22.4. The van der Waals surface area contributed by atoms with Crippen molar-refractivity contribution in [3.63, 3.8) is 0 Å². The van der Waals surface area contributed by atoms with Crippen molar-refractivity contribution in [1.29, 1.82) is 0 Å². The van der Waals surface area contributed by atoms with Crippen LogP contribution >= 0.6 is 11.3 Å². The lowest BCUT2D eigenvalue weighted by Crippen LogP contribution is -2.63. The number of nitro groups is 1. The van der Waals surface area contributed by atoms with Crippen molar-refractivity contribution in [3.8, 4) is 0 Å². The maximum atomic E-state index is 13.4. The lowest BCUT2D eigenvalue weighted by atomic mass is 9.77. The van der Waals surface area contributed by atoms with Gasteiger partial charge in [-0.3, -0.25) is 23.5 Å². The fourth-order valence-corrected chi connectivity index (χ4v) is 7.39. The highest BCUT2D eigenvalue weighted by Crippen LogP contribution is 2.52. The van der Waals surface area contributed by atoms with Crippen molar-refractivity contribution in [2.45, 2.75) is 37.6 Å². The monoisotopic (exact) mass is 560 g/mol. The van der Waals surface area contributed by atoms with Gasteiger partial charge in [-0.1, -0.05) is 6.92 Å². The van der Waals surface area contributed by atoms with E-state index < -0.39 is 39.8 Å². The molecule has 0 saturated carbocycles. The Morgan fingerprint density at radius 2 is 2.05 bits per heavy atom. The summed E-state index contributed by atoms with van der Waals surface area (Å²) in [5.41, 5.74) is 1.11. The zero-order valence-corrected chi connectivity index (χ0v) is 22.0. The number of aromatic nitrogens is 2. The van der Waals surface area contributed by atoms with E-state index in [2.05, 4.69) is 4.98 Å². The molecular weight excluding hydrogens is 536 g/mol. The zero-order chi connectivity index (χ0) is 27.3. The van der Waals surface area contributed by atoms with Gasteiger partial charge in [-0.15, -0.1) is 11.3 Å². The standard InChI is InChI=1S/C24H24N4O8S2/c1-12-17(16-9-26-11-25-21(23(26)37-16)38(35)8-7-29)20(27-19(12)18(13(2)30)22(27)31)24(32)36-10-14-3-5-15(6-4-14)28(33)34/h3-6,9,11-13,18-19,29-30H,7-8,10H2,1-2H3/t12-,13+,18+,19+,38?/m0/s1. The minimum absolute atomic E-state index is 0.0413. The molecule has 5 rings (SSSR count). The molecule has 2 aromatic heterocycles. The first-order valence-electron chi connectivity index (χ1n) is 11.8. The number of rotatable bonds is 9. The van der Waals surface area contributed by atoms with Gasteiger partial charge in [0.2, 0.25) is 5.91 Å². The number of imidazole rings is 1. The van der Waals surface area contributed by atoms with Gasteiger partial charge in [-0.2, -0.15) is 0 Å². The van der Waals surface area contributed by atoms with Gasteiger partial charge in [0.15, 0.2) is 5.03 Å². The number of carbonyl (C=O) groups is 2. The number of hydrogen-bond donors (Lipinski definition) is 2. The van der Waals surface area contributed by atoms with E-state index in [1.165, 1.54) is 46.8 Å². The Labute approximate surface area is 222 Å². The summed E-state index contributed by atoms with van der Waals surface area (Å²) < 4.78 is 19.8. The first-order chi connectivity index (χ1) is 18.1. The van der Waals surface area contributed by atoms with Crippen LogP contribution in [0.1, 0.15) is 24.3 Å². The molecule has 0 bridgehead atoms. The van der Waals surface area contributed by atoms with E-state index >= 15 is 0 Å². The summed E-state index contributed by atoms with van der Waals surface area (Å²) in [4.78, 5) is 43.6. The number of hydrogen-bond acceptors (Lipinski definition) is 10. The van der Waals surface area contributed by atoms with Gasteiger partial charge in [0.05, 0.1) is 51.0 Å². The van der Waals surface area contributed by atoms with Gasteiger partial charge >= 0.3 is 5.97 Å². The van der Waals surface area contributed by atoms with Crippen LogP contribution in [0.25, 0.3) is 10.4 Å². The summed E-state index contributed by atoms with van der Waals surface area (Å²) in [6, 6.07) is 5.18. The number of aliphatic hydroxyl groups excluding tert-OH is 2. The van der Waals surface area contributed by atoms with Crippen molar-refractivity contribution < 1.29 is 33.7 Å². The van der Waals surface area contributed by atoms with Gasteiger partial charge in [-0.25, -0.2) is 9.78 Å². The Balaban J connectivity index is 1.50. The molecule has 12 nitrogen and oxygen atoms in total. The Kier molecular flexibility index (Phi) is 6.90. The third-order valence-electron chi connectivity index (χ3n) is 6.82. The second kappa shape index (κ2) is 10.0. The second-order valence-electron chi connectivity index (χ2n) is 9.15. The number of carbonyl (C=O) groups excluding carboxylic acids is 2. The van der Waals surface area contributed by atoms with Crippen LogP contribution in [-0.2, 0) is 31.7 Å². The maximum absolute atomic E-state index is 13.4. The number of non-ortho nitro benzene ring substituents is 1. The van der Waals surface area contributed by atoms with Crippen molar-refractivity contribution in [2.24, 2.45) is 11.8 Å². The smallest absolute Gasteiger partial charge is 0.355 e. The van der Waals surface area contributed by atoms with Gasteiger partial charge in [0.25, 0.3) is 5.69 Å². The van der Waals surface area contributed by atoms with Gasteiger partial charge < -0.3 is 19.8 Å². The lowest BCUT2D eigenvalue weighted by Gasteiger charge is -2.46. The number of thiazole rings is 1. The largest absolute Gasteiger partial charge is 0.456 e. The molecule has 1 saturated heterocycles. The molecule has 38 heavy (non-hydrogen) atoms. The molecule has 2 aliphatic heterocycles. The third-order valence-corrected chi connectivity index (χ3v) is 9.38. The Morgan fingerprint density at radius 3 is 2.68 bits per heavy atom. The average molecular weight is 561 g/mol. The number of ether oxygens (including phenoxy) is 1. The molecule has 0 aliphatic carbocycles. The summed E-state index contributed by atoms with van der Waals surface area (Å²) in [6.07, 6.45) is 2.35. The van der Waals surface area contributed by atoms with E-state index in [0.717, 1.165) is 0 Å². The van der Waals surface area contributed by atoms with Crippen LogP contribution < -0.4 is 0 Å². The number of esters is 1. The highest BCUT2D eigenvalue weighted by Gasteiger charge is 2.60. The first kappa shape index (κ1) is 26.2. The highest BCUT2D eigenvalue weighted by molar-refractivity contribution is 7.85. The van der Waals surface area contributed by atoms with Crippen LogP contribution in [0.2, 0.25) is 0 Å². The SMILES string of the molecule is C[C@@H](O)[C@H]1C(=O)N2C(C(=O)OCc3ccc([N+](=O)[O-])cc3)=C(c3cn4cnc(S(=O)CCO)c4s3)[C@H](C)[C@H]12. The number of benzene rings is 1. The fraction of sp³-hybridized carbons (Fsp3) is 0.375. The molecule has 200 valence electrons. The molecule has 4 heterocycles. The Hall–Kier alpha value is -3.46. The van der Waals surface area contributed by atoms with Gasteiger partial charge in [0, 0.05) is 29.8 Å². The molecule has 1 unspecified atom stereocenters. The summed E-state index contributed by atoms with van der Waals surface area (Å²) in [5.74, 6) is -2.04. The van der Waals surface area contributed by atoms with Crippen LogP contribution in [0, 0.1) is 22.0 Å². The summed E-state index contributed by atoms with van der Waals surface area (Å²) in [5, 5.41) is 30.6. The number of β-lactam (4-membered cyclic amide) rings is 1. The number of fused-ring (bicyclic) bond motifs is 2. The van der Waals surface area contributed by atoms with E-state index in [1.54, 1.807) is 17.5 Å². The number of aliphatic hydroxyl groups is 2. The lowest BCUT2D eigenvalue weighted by molar-refractivity contribution is -0.384. The first-order valence-corrected chi connectivity index (χ1v) is 13.9. The summed E-state index contributed by atoms with van der Waals surface area (Å²) in [7, 11) is -1.51. The molecule has 14 heteroatoms. The molecule has 3 aromatic rings. The zero-order valence-electron chi connectivity index (χ0n) is 20.3. The second-order valence-corrected chi connectivity index (χ2v) is 11.7.